The fourth-order valence-electron chi connectivity index (χ4n) is 1.86. The molecule has 0 aliphatic heterocycles. The van der Waals surface area contributed by atoms with Crippen molar-refractivity contribution < 1.29 is 27.6 Å². The molecule has 0 bridgehead atoms. The van der Waals surface area contributed by atoms with E-state index < -0.39 is 45.7 Å². The van der Waals surface area contributed by atoms with Crippen molar-refractivity contribution in [3.05, 3.63) is 69.5 Å². The maximum atomic E-state index is 13.2. The van der Waals surface area contributed by atoms with Crippen molar-refractivity contribution in [3.63, 3.8) is 0 Å². The molecule has 0 aromatic heterocycles. The smallest absolute Gasteiger partial charge is 0.311 e. The van der Waals surface area contributed by atoms with Crippen molar-refractivity contribution in [2.75, 3.05) is 0 Å². The van der Waals surface area contributed by atoms with Crippen LogP contribution >= 0.6 is 0 Å². The number of rotatable bonds is 5. The van der Waals surface area contributed by atoms with Gasteiger partial charge in [0.05, 0.1) is 4.92 Å². The van der Waals surface area contributed by atoms with Crippen molar-refractivity contribution >= 4 is 11.5 Å². The molecule has 0 N–H and O–H groups in total. The first kappa shape index (κ1) is 16.5. The van der Waals surface area contributed by atoms with Gasteiger partial charge in [-0.2, -0.15) is 0 Å². The van der Waals surface area contributed by atoms with E-state index in [4.69, 9.17) is 4.74 Å². The number of nitro groups is 1. The highest BCUT2D eigenvalue weighted by Crippen LogP contribution is 2.29. The summed E-state index contributed by atoms with van der Waals surface area (Å²) in [6.45, 7) is 1.26. The minimum absolute atomic E-state index is 0.171. The van der Waals surface area contributed by atoms with Gasteiger partial charge in [0.25, 0.3) is 0 Å². The fraction of sp³-hybridized carbons (Fsp3) is 0.133. The second kappa shape index (κ2) is 6.47. The monoisotopic (exact) mass is 325 g/mol. The van der Waals surface area contributed by atoms with Crippen LogP contribution in [0.3, 0.4) is 0 Å². The van der Waals surface area contributed by atoms with Gasteiger partial charge in [0.1, 0.15) is 5.82 Å². The van der Waals surface area contributed by atoms with Gasteiger partial charge in [-0.3, -0.25) is 14.9 Å². The van der Waals surface area contributed by atoms with Gasteiger partial charge in [0.2, 0.25) is 11.5 Å². The SMILES string of the molecule is C[C@@H](Oc1cc(F)ccc1[N+](=O)[O-])C(=O)c1ccc(F)c(F)c1. The van der Waals surface area contributed by atoms with Crippen LogP contribution in [0.15, 0.2) is 36.4 Å². The topological polar surface area (TPSA) is 69.4 Å². The third-order valence-corrected chi connectivity index (χ3v) is 3.00. The number of hydrogen-bond donors (Lipinski definition) is 0. The van der Waals surface area contributed by atoms with Gasteiger partial charge in [0.15, 0.2) is 17.7 Å². The Kier molecular flexibility index (Phi) is 4.63. The third-order valence-electron chi connectivity index (χ3n) is 3.00. The molecular weight excluding hydrogens is 315 g/mol. The molecule has 2 rings (SSSR count). The fourth-order valence-corrected chi connectivity index (χ4v) is 1.86. The highest BCUT2D eigenvalue weighted by molar-refractivity contribution is 5.99. The van der Waals surface area contributed by atoms with Gasteiger partial charge in [0, 0.05) is 17.7 Å². The Labute approximate surface area is 128 Å². The van der Waals surface area contributed by atoms with E-state index in [0.717, 1.165) is 30.3 Å². The summed E-state index contributed by atoms with van der Waals surface area (Å²) < 4.78 is 44.3. The molecule has 0 spiro atoms. The summed E-state index contributed by atoms with van der Waals surface area (Å²) in [6.07, 6.45) is -1.26. The summed E-state index contributed by atoms with van der Waals surface area (Å²) in [7, 11) is 0. The molecule has 0 heterocycles. The van der Waals surface area contributed by atoms with E-state index in [9.17, 15) is 28.1 Å². The van der Waals surface area contributed by atoms with E-state index in [-0.39, 0.29) is 5.56 Å². The molecule has 0 aliphatic carbocycles. The van der Waals surface area contributed by atoms with E-state index in [2.05, 4.69) is 0 Å². The Morgan fingerprint density at radius 2 is 1.83 bits per heavy atom. The number of ketones is 1. The normalized spacial score (nSPS) is 11.8. The number of nitrogens with zero attached hydrogens (tertiary/aromatic N) is 1. The molecule has 0 fully saturated rings. The van der Waals surface area contributed by atoms with Crippen LogP contribution in [0.4, 0.5) is 18.9 Å². The first-order valence-corrected chi connectivity index (χ1v) is 6.39. The van der Waals surface area contributed by atoms with Crippen LogP contribution < -0.4 is 4.74 Å². The summed E-state index contributed by atoms with van der Waals surface area (Å²) in [5.74, 6) is -4.27. The quantitative estimate of drug-likeness (QED) is 0.478. The van der Waals surface area contributed by atoms with Gasteiger partial charge < -0.3 is 4.74 Å². The second-order valence-corrected chi connectivity index (χ2v) is 4.62. The van der Waals surface area contributed by atoms with Gasteiger partial charge >= 0.3 is 5.69 Å². The van der Waals surface area contributed by atoms with Gasteiger partial charge in [-0.05, 0) is 31.2 Å². The lowest BCUT2D eigenvalue weighted by Gasteiger charge is -2.14. The zero-order valence-electron chi connectivity index (χ0n) is 11.8. The average Bonchev–Trinajstić information content (AvgIpc) is 2.49. The Bertz CT molecular complexity index is 779. The van der Waals surface area contributed by atoms with Crippen LogP contribution in [0.5, 0.6) is 5.75 Å². The molecule has 120 valence electrons. The highest BCUT2D eigenvalue weighted by Gasteiger charge is 2.23. The molecule has 1 atom stereocenters. The van der Waals surface area contributed by atoms with Crippen LogP contribution in [0.1, 0.15) is 17.3 Å². The predicted octanol–water partition coefficient (Wildman–Crippen LogP) is 3.66. The molecular formula is C15H10F3NO4. The minimum atomic E-state index is -1.26. The van der Waals surface area contributed by atoms with Crippen molar-refractivity contribution in [2.45, 2.75) is 13.0 Å². The number of ether oxygens (including phenoxy) is 1. The molecule has 8 heteroatoms. The predicted molar refractivity (Wildman–Crippen MR) is 73.8 cm³/mol. The van der Waals surface area contributed by atoms with Crippen molar-refractivity contribution in [1.29, 1.82) is 0 Å². The van der Waals surface area contributed by atoms with Crippen LogP contribution in [0, 0.1) is 27.6 Å². The molecule has 5 nitrogen and oxygen atoms in total. The van der Waals surface area contributed by atoms with Crippen molar-refractivity contribution in [3.8, 4) is 5.75 Å². The molecule has 0 aliphatic rings. The zero-order valence-corrected chi connectivity index (χ0v) is 11.8. The van der Waals surface area contributed by atoms with Gasteiger partial charge in [-0.25, -0.2) is 13.2 Å². The lowest BCUT2D eigenvalue weighted by Crippen LogP contribution is -2.24. The summed E-state index contributed by atoms with van der Waals surface area (Å²) in [5, 5.41) is 10.9. The molecule has 2 aromatic carbocycles. The summed E-state index contributed by atoms with van der Waals surface area (Å²) >= 11 is 0. The number of carbonyl (C=O) groups is 1. The largest absolute Gasteiger partial charge is 0.475 e. The van der Waals surface area contributed by atoms with Crippen LogP contribution in [-0.4, -0.2) is 16.8 Å². The minimum Gasteiger partial charge on any atom is -0.475 e. The summed E-state index contributed by atoms with van der Waals surface area (Å²) in [6, 6.07) is 5.08. The van der Waals surface area contributed by atoms with Crippen LogP contribution in [0.25, 0.3) is 0 Å². The Hall–Kier alpha value is -2.90. The first-order chi connectivity index (χ1) is 10.8. The highest BCUT2D eigenvalue weighted by atomic mass is 19.2. The number of Topliss-reactive ketones (excluding diaryl/α,β-unsaturated/α-hetero) is 1. The lowest BCUT2D eigenvalue weighted by molar-refractivity contribution is -0.386. The summed E-state index contributed by atoms with van der Waals surface area (Å²) in [5.41, 5.74) is -0.688. The Balaban J connectivity index is 2.26. The van der Waals surface area contributed by atoms with Crippen LogP contribution in [0.2, 0.25) is 0 Å². The van der Waals surface area contributed by atoms with E-state index in [1.807, 2.05) is 0 Å². The molecule has 0 radical (unpaired) electrons. The second-order valence-electron chi connectivity index (χ2n) is 4.62. The van der Waals surface area contributed by atoms with Crippen LogP contribution in [-0.2, 0) is 0 Å². The molecule has 23 heavy (non-hydrogen) atoms. The zero-order chi connectivity index (χ0) is 17.1. The third kappa shape index (κ3) is 3.65. The van der Waals surface area contributed by atoms with Crippen molar-refractivity contribution in [1.82, 2.24) is 0 Å². The number of carbonyl (C=O) groups excluding carboxylic acids is 1. The molecule has 0 unspecified atom stereocenters. The van der Waals surface area contributed by atoms with E-state index in [1.54, 1.807) is 0 Å². The maximum absolute atomic E-state index is 13.2. The van der Waals surface area contributed by atoms with Crippen molar-refractivity contribution in [2.24, 2.45) is 0 Å². The van der Waals surface area contributed by atoms with E-state index >= 15 is 0 Å². The molecule has 0 saturated heterocycles. The molecule has 0 saturated carbocycles. The average molecular weight is 325 g/mol. The lowest BCUT2D eigenvalue weighted by atomic mass is 10.1. The standard InChI is InChI=1S/C15H10F3NO4/c1-8(15(20)9-2-4-11(17)12(18)6-9)23-14-7-10(16)3-5-13(14)19(21)22/h2-8H,1H3/t8-/m1/s1. The number of nitro benzene ring substituents is 1. The number of benzene rings is 2. The van der Waals surface area contributed by atoms with Gasteiger partial charge in [-0.15, -0.1) is 0 Å². The Morgan fingerprint density at radius 3 is 2.43 bits per heavy atom. The van der Waals surface area contributed by atoms with Gasteiger partial charge in [-0.1, -0.05) is 0 Å². The molecule has 0 amide bonds. The number of halogens is 3. The number of hydrogen-bond acceptors (Lipinski definition) is 4. The summed E-state index contributed by atoms with van der Waals surface area (Å²) in [4.78, 5) is 22.2. The maximum Gasteiger partial charge on any atom is 0.311 e. The Morgan fingerprint density at radius 1 is 1.13 bits per heavy atom. The van der Waals surface area contributed by atoms with E-state index in [0.29, 0.717) is 6.07 Å². The molecule has 2 aromatic rings. The first-order valence-electron chi connectivity index (χ1n) is 6.39. The van der Waals surface area contributed by atoms with E-state index in [1.165, 1.54) is 6.92 Å².